The summed E-state index contributed by atoms with van der Waals surface area (Å²) >= 11 is 0. The van der Waals surface area contributed by atoms with Gasteiger partial charge in [-0.3, -0.25) is 34.4 Å². The number of hydrazine groups is 1. The van der Waals surface area contributed by atoms with Crippen LogP contribution in [0.4, 0.5) is 5.69 Å². The van der Waals surface area contributed by atoms with Crippen LogP contribution in [-0.4, -0.2) is 61.9 Å². The number of nitrogens with one attached hydrogen (secondary N) is 2. The lowest BCUT2D eigenvalue weighted by Crippen LogP contribution is -2.43. The highest BCUT2D eigenvalue weighted by molar-refractivity contribution is 6.01. The Morgan fingerprint density at radius 3 is 2.31 bits per heavy atom. The van der Waals surface area contributed by atoms with E-state index >= 15 is 0 Å². The number of ether oxygens (including phenoxy) is 3. The normalized spacial score (nSPS) is 14.8. The van der Waals surface area contributed by atoms with Crippen LogP contribution in [0.15, 0.2) is 42.5 Å². The van der Waals surface area contributed by atoms with Gasteiger partial charge in [0.1, 0.15) is 17.1 Å². The molecule has 11 nitrogen and oxygen atoms in total. The fourth-order valence-corrected chi connectivity index (χ4v) is 3.49. The largest absolute Gasteiger partial charge is 0.496 e. The van der Waals surface area contributed by atoms with Gasteiger partial charge >= 0.3 is 5.97 Å². The number of hydrogen-bond acceptors (Lipinski definition) is 8. The molecule has 0 spiro atoms. The number of rotatable bonds is 9. The highest BCUT2D eigenvalue weighted by Gasteiger charge is 2.37. The zero-order valence-corrected chi connectivity index (χ0v) is 19.5. The minimum Gasteiger partial charge on any atom is -0.496 e. The van der Waals surface area contributed by atoms with E-state index in [-0.39, 0.29) is 35.8 Å². The van der Waals surface area contributed by atoms with Crippen LogP contribution in [0, 0.1) is 5.92 Å². The number of nitrogens with zero attached hydrogens (tertiary/aromatic N) is 1. The number of amides is 3. The number of carbonyl (C=O) groups is 5. The van der Waals surface area contributed by atoms with Crippen molar-refractivity contribution in [2.24, 2.45) is 5.92 Å². The molecule has 2 aromatic carbocycles. The van der Waals surface area contributed by atoms with E-state index < -0.39 is 36.2 Å². The first-order chi connectivity index (χ1) is 16.7. The van der Waals surface area contributed by atoms with Crippen molar-refractivity contribution in [2.45, 2.75) is 13.3 Å². The van der Waals surface area contributed by atoms with Crippen molar-refractivity contribution in [1.29, 1.82) is 0 Å². The van der Waals surface area contributed by atoms with Crippen molar-refractivity contribution in [2.75, 3.05) is 32.7 Å². The number of ketones is 1. The maximum absolute atomic E-state index is 12.8. The van der Waals surface area contributed by atoms with Crippen LogP contribution >= 0.6 is 0 Å². The highest BCUT2D eigenvalue weighted by Crippen LogP contribution is 2.28. The molecule has 184 valence electrons. The van der Waals surface area contributed by atoms with Gasteiger partial charge in [0.25, 0.3) is 11.8 Å². The summed E-state index contributed by atoms with van der Waals surface area (Å²) in [6.07, 6.45) is -0.190. The molecular weight excluding hydrogens is 458 g/mol. The van der Waals surface area contributed by atoms with Crippen LogP contribution < -0.4 is 20.2 Å². The van der Waals surface area contributed by atoms with Gasteiger partial charge in [-0.2, -0.15) is 0 Å². The van der Waals surface area contributed by atoms with Crippen molar-refractivity contribution in [3.8, 4) is 11.5 Å². The first-order valence-electron chi connectivity index (χ1n) is 10.6. The molecule has 2 aromatic rings. The molecule has 1 fully saturated rings. The summed E-state index contributed by atoms with van der Waals surface area (Å²) in [7, 11) is 2.80. The minimum atomic E-state index is -0.865. The molecule has 0 radical (unpaired) electrons. The van der Waals surface area contributed by atoms with E-state index in [0.29, 0.717) is 11.3 Å². The summed E-state index contributed by atoms with van der Waals surface area (Å²) in [5, 5.41) is 3.56. The van der Waals surface area contributed by atoms with Crippen LogP contribution in [-0.2, 0) is 19.1 Å². The molecule has 0 saturated carbocycles. The Morgan fingerprint density at radius 1 is 1.03 bits per heavy atom. The molecule has 1 aliphatic rings. The Labute approximate surface area is 201 Å². The number of carbonyl (C=O) groups excluding carboxylic acids is 5. The van der Waals surface area contributed by atoms with Gasteiger partial charge in [0.2, 0.25) is 5.91 Å². The molecule has 1 heterocycles. The van der Waals surface area contributed by atoms with E-state index in [1.807, 2.05) is 0 Å². The molecule has 11 heteroatoms. The predicted octanol–water partition coefficient (Wildman–Crippen LogP) is 1.58. The molecule has 3 rings (SSSR count). The van der Waals surface area contributed by atoms with E-state index in [1.165, 1.54) is 27.2 Å². The number of benzene rings is 2. The third-order valence-corrected chi connectivity index (χ3v) is 5.25. The van der Waals surface area contributed by atoms with Crippen molar-refractivity contribution >= 4 is 35.2 Å². The number of hydrogen-bond donors (Lipinski definition) is 2. The second-order valence-electron chi connectivity index (χ2n) is 7.68. The Morgan fingerprint density at radius 2 is 1.69 bits per heavy atom. The van der Waals surface area contributed by atoms with Gasteiger partial charge in [0, 0.05) is 17.7 Å². The summed E-state index contributed by atoms with van der Waals surface area (Å²) in [4.78, 5) is 61.2. The summed E-state index contributed by atoms with van der Waals surface area (Å²) < 4.78 is 15.5. The lowest BCUT2D eigenvalue weighted by atomic mass is 10.1. The van der Waals surface area contributed by atoms with Gasteiger partial charge in [0.15, 0.2) is 12.4 Å². The maximum Gasteiger partial charge on any atom is 0.311 e. The maximum atomic E-state index is 12.8. The summed E-state index contributed by atoms with van der Waals surface area (Å²) in [6, 6.07) is 11.1. The van der Waals surface area contributed by atoms with Crippen LogP contribution in [0.2, 0.25) is 0 Å². The van der Waals surface area contributed by atoms with Gasteiger partial charge < -0.3 is 19.5 Å². The highest BCUT2D eigenvalue weighted by atomic mass is 16.5. The van der Waals surface area contributed by atoms with E-state index in [4.69, 9.17) is 14.2 Å². The average molecular weight is 483 g/mol. The predicted molar refractivity (Wildman–Crippen MR) is 123 cm³/mol. The smallest absolute Gasteiger partial charge is 0.311 e. The summed E-state index contributed by atoms with van der Waals surface area (Å²) in [5.74, 6) is -2.99. The van der Waals surface area contributed by atoms with Gasteiger partial charge in [-0.15, -0.1) is 0 Å². The Balaban J connectivity index is 1.55. The van der Waals surface area contributed by atoms with E-state index in [9.17, 15) is 24.0 Å². The van der Waals surface area contributed by atoms with Gasteiger partial charge in [-0.25, -0.2) is 0 Å². The second kappa shape index (κ2) is 11.1. The monoisotopic (exact) mass is 483 g/mol. The zero-order chi connectivity index (χ0) is 25.5. The fraction of sp³-hybridized carbons (Fsp3) is 0.292. The van der Waals surface area contributed by atoms with Gasteiger partial charge in [-0.1, -0.05) is 18.2 Å². The number of methoxy groups -OCH3 is 2. The Kier molecular flexibility index (Phi) is 8.03. The number of anilines is 1. The number of esters is 1. The fourth-order valence-electron chi connectivity index (χ4n) is 3.49. The van der Waals surface area contributed by atoms with Crippen molar-refractivity contribution < 1.29 is 38.2 Å². The molecule has 1 aliphatic heterocycles. The first kappa shape index (κ1) is 25.2. The van der Waals surface area contributed by atoms with Crippen molar-refractivity contribution in [1.82, 2.24) is 10.4 Å². The zero-order valence-electron chi connectivity index (χ0n) is 19.5. The third kappa shape index (κ3) is 6.14. The molecule has 0 bridgehead atoms. The average Bonchev–Trinajstić information content (AvgIpc) is 3.21. The van der Waals surface area contributed by atoms with E-state index in [1.54, 1.807) is 36.4 Å². The van der Waals surface area contributed by atoms with Crippen molar-refractivity contribution in [3.63, 3.8) is 0 Å². The molecule has 0 unspecified atom stereocenters. The summed E-state index contributed by atoms with van der Waals surface area (Å²) in [6.45, 7) is 0.714. The van der Waals surface area contributed by atoms with Gasteiger partial charge in [0.05, 0.1) is 26.7 Å². The first-order valence-corrected chi connectivity index (χ1v) is 10.6. The topological polar surface area (TPSA) is 140 Å². The lowest BCUT2D eigenvalue weighted by Gasteiger charge is -2.19. The molecule has 0 aliphatic carbocycles. The number of Topliss-reactive ketones (excluding diaryl/α,β-unsaturated/α-hetero) is 1. The van der Waals surface area contributed by atoms with Gasteiger partial charge in [-0.05, 0) is 31.2 Å². The third-order valence-electron chi connectivity index (χ3n) is 5.25. The van der Waals surface area contributed by atoms with Crippen molar-refractivity contribution in [3.05, 3.63) is 53.6 Å². The van der Waals surface area contributed by atoms with Crippen LogP contribution in [0.5, 0.6) is 11.5 Å². The molecular formula is C24H25N3O8. The quantitative estimate of drug-likeness (QED) is 0.405. The van der Waals surface area contributed by atoms with E-state index in [0.717, 1.165) is 5.01 Å². The molecule has 35 heavy (non-hydrogen) atoms. The molecule has 1 atom stereocenters. The molecule has 1 saturated heterocycles. The van der Waals surface area contributed by atoms with Crippen LogP contribution in [0.1, 0.15) is 34.1 Å². The van der Waals surface area contributed by atoms with E-state index in [2.05, 4.69) is 10.7 Å². The molecule has 2 N–H and O–H groups in total. The Bertz CT molecular complexity index is 1140. The molecule has 3 amide bonds. The Hall–Kier alpha value is -4.41. The van der Waals surface area contributed by atoms with Crippen LogP contribution in [0.3, 0.4) is 0 Å². The summed E-state index contributed by atoms with van der Waals surface area (Å²) in [5.41, 5.74) is 3.37. The standard InChI is InChI=1S/C24H25N3O8/c1-14(28)15-6-4-7-17(10-15)25-20(29)13-35-24(32)16-11-21(30)27(12-16)26-23(31)22-18(33-2)8-5-9-19(22)34-3/h4-10,16H,11-13H2,1-3H3,(H,25,29)(H,26,31)/t16-/m0/s1. The van der Waals surface area contributed by atoms with Crippen LogP contribution in [0.25, 0.3) is 0 Å². The molecule has 0 aromatic heterocycles. The minimum absolute atomic E-state index is 0.0989. The lowest BCUT2D eigenvalue weighted by molar-refractivity contribution is -0.151. The second-order valence-corrected chi connectivity index (χ2v) is 7.68. The SMILES string of the molecule is COc1cccc(OC)c1C(=O)NN1C[C@@H](C(=O)OCC(=O)Nc2cccc(C(C)=O)c2)CC1=O.